The number of rotatable bonds is 5. The minimum Gasteiger partial charge on any atom is -0.370 e. The lowest BCUT2D eigenvalue weighted by atomic mass is 10.2. The van der Waals surface area contributed by atoms with Crippen LogP contribution in [-0.2, 0) is 4.74 Å². The molecule has 1 aromatic rings. The molecule has 114 valence electrons. The van der Waals surface area contributed by atoms with Crippen LogP contribution in [-0.4, -0.2) is 50.7 Å². The van der Waals surface area contributed by atoms with Crippen molar-refractivity contribution in [2.75, 3.05) is 39.4 Å². The molecule has 0 bridgehead atoms. The van der Waals surface area contributed by atoms with Gasteiger partial charge in [0.25, 0.3) is 0 Å². The van der Waals surface area contributed by atoms with Crippen LogP contribution in [0.2, 0.25) is 5.02 Å². The van der Waals surface area contributed by atoms with Crippen LogP contribution in [0.4, 0.5) is 0 Å². The Morgan fingerprint density at radius 1 is 1.33 bits per heavy atom. The molecule has 0 unspecified atom stereocenters. The first kappa shape index (κ1) is 16.2. The minimum atomic E-state index is 0.535. The van der Waals surface area contributed by atoms with Gasteiger partial charge in [0.15, 0.2) is 5.11 Å². The van der Waals surface area contributed by atoms with Gasteiger partial charge >= 0.3 is 0 Å². The van der Waals surface area contributed by atoms with Crippen molar-refractivity contribution in [2.24, 2.45) is 5.10 Å². The lowest BCUT2D eigenvalue weighted by molar-refractivity contribution is -0.906. The van der Waals surface area contributed by atoms with E-state index >= 15 is 0 Å². The molecule has 0 amide bonds. The average Bonchev–Trinajstić information content (AvgIpc) is 2.50. The van der Waals surface area contributed by atoms with E-state index in [1.54, 1.807) is 11.1 Å². The quantitative estimate of drug-likeness (QED) is 0.406. The molecule has 1 aliphatic heterocycles. The van der Waals surface area contributed by atoms with Crippen molar-refractivity contribution < 1.29 is 9.64 Å². The van der Waals surface area contributed by atoms with Crippen molar-refractivity contribution in [1.29, 1.82) is 0 Å². The minimum absolute atomic E-state index is 0.535. The molecule has 1 heterocycles. The maximum atomic E-state index is 5.82. The molecule has 0 radical (unpaired) electrons. The molecule has 0 spiro atoms. The molecule has 0 aliphatic carbocycles. The van der Waals surface area contributed by atoms with Crippen LogP contribution in [0.15, 0.2) is 29.4 Å². The van der Waals surface area contributed by atoms with Crippen LogP contribution in [0.3, 0.4) is 0 Å². The second-order valence-corrected chi connectivity index (χ2v) is 5.63. The van der Waals surface area contributed by atoms with Gasteiger partial charge in [-0.2, -0.15) is 5.10 Å². The number of thiocarbonyl (C=S) groups is 1. The number of hydrazone groups is 1. The van der Waals surface area contributed by atoms with Gasteiger partial charge in [0.05, 0.1) is 32.5 Å². The van der Waals surface area contributed by atoms with Gasteiger partial charge in [0.1, 0.15) is 13.1 Å². The largest absolute Gasteiger partial charge is 0.370 e. The summed E-state index contributed by atoms with van der Waals surface area (Å²) in [4.78, 5) is 1.54. The van der Waals surface area contributed by atoms with Crippen LogP contribution in [0.1, 0.15) is 5.56 Å². The van der Waals surface area contributed by atoms with Gasteiger partial charge in [0.2, 0.25) is 0 Å². The second-order valence-electron chi connectivity index (χ2n) is 4.79. The average molecular weight is 328 g/mol. The summed E-state index contributed by atoms with van der Waals surface area (Å²) in [5.41, 5.74) is 3.77. The number of ether oxygens (including phenoxy) is 1. The van der Waals surface area contributed by atoms with Crippen molar-refractivity contribution in [3.8, 4) is 0 Å². The number of nitrogens with zero attached hydrogens (tertiary/aromatic N) is 1. The predicted molar refractivity (Wildman–Crippen MR) is 89.2 cm³/mol. The van der Waals surface area contributed by atoms with E-state index < -0.39 is 0 Å². The van der Waals surface area contributed by atoms with Crippen LogP contribution in [0.5, 0.6) is 0 Å². The molecule has 3 N–H and O–H groups in total. The molecule has 21 heavy (non-hydrogen) atoms. The molecule has 1 aromatic carbocycles. The highest BCUT2D eigenvalue weighted by Gasteiger charge is 2.12. The van der Waals surface area contributed by atoms with Crippen LogP contribution < -0.4 is 15.6 Å². The molecular weight excluding hydrogens is 308 g/mol. The third kappa shape index (κ3) is 6.39. The van der Waals surface area contributed by atoms with Gasteiger partial charge in [-0.3, -0.25) is 5.43 Å². The lowest BCUT2D eigenvalue weighted by Crippen LogP contribution is -3.14. The standard InChI is InChI=1S/C14H19ClN4OS/c15-13-3-1-12(2-4-13)11-17-18-14(21)16-5-6-19-7-9-20-10-8-19/h1-4,11H,5-10H2,(H2,16,18,21)/p+1/b17-11-. The Balaban J connectivity index is 1.61. The molecule has 7 heteroatoms. The highest BCUT2D eigenvalue weighted by atomic mass is 35.5. The van der Waals surface area contributed by atoms with Gasteiger partial charge in [0, 0.05) is 5.02 Å². The number of benzene rings is 1. The Kier molecular flexibility index (Phi) is 6.88. The van der Waals surface area contributed by atoms with Gasteiger partial charge in [-0.05, 0) is 29.9 Å². The van der Waals surface area contributed by atoms with Gasteiger partial charge in [-0.1, -0.05) is 23.7 Å². The fourth-order valence-electron chi connectivity index (χ4n) is 2.02. The maximum absolute atomic E-state index is 5.82. The summed E-state index contributed by atoms with van der Waals surface area (Å²) < 4.78 is 5.32. The number of morpholine rings is 1. The number of halogens is 1. The van der Waals surface area contributed by atoms with E-state index in [-0.39, 0.29) is 0 Å². The summed E-state index contributed by atoms with van der Waals surface area (Å²) in [7, 11) is 0. The van der Waals surface area contributed by atoms with E-state index in [1.165, 1.54) is 0 Å². The first-order valence-corrected chi connectivity index (χ1v) is 7.76. The molecule has 5 nitrogen and oxygen atoms in total. The number of quaternary nitrogens is 1. The van der Waals surface area contributed by atoms with E-state index in [1.807, 2.05) is 24.3 Å². The van der Waals surface area contributed by atoms with E-state index in [0.29, 0.717) is 10.1 Å². The number of hydrogen-bond acceptors (Lipinski definition) is 3. The summed E-state index contributed by atoms with van der Waals surface area (Å²) in [5, 5.41) is 8.48. The van der Waals surface area contributed by atoms with Crippen molar-refractivity contribution in [2.45, 2.75) is 0 Å². The van der Waals surface area contributed by atoms with E-state index in [0.717, 1.165) is 45.0 Å². The normalized spacial score (nSPS) is 16.0. The molecule has 1 saturated heterocycles. The Labute approximate surface area is 135 Å². The van der Waals surface area contributed by atoms with Crippen molar-refractivity contribution >= 4 is 35.1 Å². The zero-order valence-corrected chi connectivity index (χ0v) is 13.3. The Morgan fingerprint density at radius 2 is 2.05 bits per heavy atom. The zero-order valence-electron chi connectivity index (χ0n) is 11.8. The maximum Gasteiger partial charge on any atom is 0.187 e. The highest BCUT2D eigenvalue weighted by molar-refractivity contribution is 7.80. The zero-order chi connectivity index (χ0) is 14.9. The van der Waals surface area contributed by atoms with Crippen molar-refractivity contribution in [3.05, 3.63) is 34.9 Å². The van der Waals surface area contributed by atoms with Crippen LogP contribution in [0, 0.1) is 0 Å². The fourth-order valence-corrected chi connectivity index (χ4v) is 2.30. The summed E-state index contributed by atoms with van der Waals surface area (Å²) in [5.74, 6) is 0. The Bertz CT molecular complexity index is 474. The molecular formula is C14H20ClN4OS+. The van der Waals surface area contributed by atoms with Crippen molar-refractivity contribution in [1.82, 2.24) is 10.7 Å². The summed E-state index contributed by atoms with van der Waals surface area (Å²) in [6.45, 7) is 5.70. The molecule has 0 aromatic heterocycles. The third-order valence-electron chi connectivity index (χ3n) is 3.21. The van der Waals surface area contributed by atoms with E-state index in [9.17, 15) is 0 Å². The first-order valence-electron chi connectivity index (χ1n) is 6.98. The Morgan fingerprint density at radius 3 is 2.76 bits per heavy atom. The molecule has 0 saturated carbocycles. The summed E-state index contributed by atoms with van der Waals surface area (Å²) in [6.07, 6.45) is 1.71. The Hall–Kier alpha value is -1.21. The van der Waals surface area contributed by atoms with Crippen LogP contribution in [0.25, 0.3) is 0 Å². The molecule has 1 fully saturated rings. The predicted octanol–water partition coefficient (Wildman–Crippen LogP) is 0.0531. The molecule has 0 atom stereocenters. The third-order valence-corrected chi connectivity index (χ3v) is 3.70. The van der Waals surface area contributed by atoms with E-state index in [2.05, 4.69) is 15.8 Å². The fraction of sp³-hybridized carbons (Fsp3) is 0.429. The van der Waals surface area contributed by atoms with Crippen molar-refractivity contribution in [3.63, 3.8) is 0 Å². The number of nitrogens with one attached hydrogen (secondary N) is 3. The first-order chi connectivity index (χ1) is 10.2. The lowest BCUT2D eigenvalue weighted by Gasteiger charge is -2.23. The van der Waals surface area contributed by atoms with Gasteiger partial charge in [-0.25, -0.2) is 0 Å². The van der Waals surface area contributed by atoms with Gasteiger partial charge < -0.3 is 15.0 Å². The second kappa shape index (κ2) is 8.94. The summed E-state index contributed by atoms with van der Waals surface area (Å²) in [6, 6.07) is 7.44. The van der Waals surface area contributed by atoms with E-state index in [4.69, 9.17) is 28.6 Å². The van der Waals surface area contributed by atoms with Gasteiger partial charge in [-0.15, -0.1) is 0 Å². The topological polar surface area (TPSA) is 50.1 Å². The number of hydrogen-bond donors (Lipinski definition) is 3. The highest BCUT2D eigenvalue weighted by Crippen LogP contribution is 2.07. The smallest absolute Gasteiger partial charge is 0.187 e. The SMILES string of the molecule is S=C(NCC[NH+]1CCOCC1)N/N=C\c1ccc(Cl)cc1. The van der Waals surface area contributed by atoms with Crippen LogP contribution >= 0.6 is 23.8 Å². The monoisotopic (exact) mass is 327 g/mol. The molecule has 2 rings (SSSR count). The summed E-state index contributed by atoms with van der Waals surface area (Å²) >= 11 is 11.0. The molecule has 1 aliphatic rings.